The molecule has 0 N–H and O–H groups in total. The zero-order valence-electron chi connectivity index (χ0n) is 10.4. The van der Waals surface area contributed by atoms with Gasteiger partial charge in [-0.25, -0.2) is 4.98 Å². The van der Waals surface area contributed by atoms with Crippen molar-refractivity contribution in [3.63, 3.8) is 0 Å². The van der Waals surface area contributed by atoms with E-state index in [4.69, 9.17) is 0 Å². The van der Waals surface area contributed by atoms with Crippen LogP contribution in [0.15, 0.2) is 42.7 Å². The Morgan fingerprint density at radius 1 is 1.06 bits per heavy atom. The summed E-state index contributed by atoms with van der Waals surface area (Å²) in [4.78, 5) is 4.58. The van der Waals surface area contributed by atoms with Gasteiger partial charge in [0, 0.05) is 28.9 Å². The van der Waals surface area contributed by atoms with Crippen molar-refractivity contribution < 1.29 is 0 Å². The van der Waals surface area contributed by atoms with Crippen LogP contribution in [-0.2, 0) is 5.41 Å². The van der Waals surface area contributed by atoms with Crippen LogP contribution >= 0.6 is 0 Å². The topological polar surface area (TPSA) is 17.3 Å². The van der Waals surface area contributed by atoms with Gasteiger partial charge in [0.15, 0.2) is 0 Å². The van der Waals surface area contributed by atoms with Crippen LogP contribution < -0.4 is 0 Å². The van der Waals surface area contributed by atoms with Gasteiger partial charge in [0.05, 0.1) is 0 Å². The number of benzene rings is 1. The summed E-state index contributed by atoms with van der Waals surface area (Å²) in [5, 5.41) is 2.46. The minimum absolute atomic E-state index is 0.113. The van der Waals surface area contributed by atoms with Gasteiger partial charge in [0.1, 0.15) is 5.65 Å². The number of aromatic nitrogens is 2. The average molecular weight is 224 g/mol. The van der Waals surface area contributed by atoms with Crippen molar-refractivity contribution in [3.05, 3.63) is 48.4 Å². The monoisotopic (exact) mass is 224 g/mol. The second-order valence-corrected chi connectivity index (χ2v) is 5.49. The van der Waals surface area contributed by atoms with Crippen molar-refractivity contribution >= 4 is 16.4 Å². The summed E-state index contributed by atoms with van der Waals surface area (Å²) < 4.78 is 2.20. The first-order chi connectivity index (χ1) is 8.07. The standard InChI is InChI=1S/C15H16N2/c1-15(2,3)13-10-16-14-12-7-5-4-6-11(12)8-9-17(13)14/h4-10H,1-3H3. The number of rotatable bonds is 0. The Kier molecular flexibility index (Phi) is 2.02. The summed E-state index contributed by atoms with van der Waals surface area (Å²) in [6.45, 7) is 6.64. The minimum Gasteiger partial charge on any atom is -0.303 e. The van der Waals surface area contributed by atoms with Gasteiger partial charge >= 0.3 is 0 Å². The van der Waals surface area contributed by atoms with Crippen LogP contribution in [-0.4, -0.2) is 9.38 Å². The quantitative estimate of drug-likeness (QED) is 0.568. The van der Waals surface area contributed by atoms with Crippen LogP contribution in [0.1, 0.15) is 26.5 Å². The molecule has 0 aliphatic carbocycles. The highest BCUT2D eigenvalue weighted by Crippen LogP contribution is 2.26. The third kappa shape index (κ3) is 1.52. The van der Waals surface area contributed by atoms with E-state index >= 15 is 0 Å². The van der Waals surface area contributed by atoms with E-state index in [-0.39, 0.29) is 5.41 Å². The zero-order chi connectivity index (χ0) is 12.0. The van der Waals surface area contributed by atoms with Crippen molar-refractivity contribution in [2.24, 2.45) is 0 Å². The Morgan fingerprint density at radius 3 is 2.59 bits per heavy atom. The molecule has 0 fully saturated rings. The normalized spacial score (nSPS) is 12.4. The largest absolute Gasteiger partial charge is 0.303 e. The van der Waals surface area contributed by atoms with E-state index in [2.05, 4.69) is 66.7 Å². The van der Waals surface area contributed by atoms with Crippen LogP contribution in [0.5, 0.6) is 0 Å². The van der Waals surface area contributed by atoms with E-state index in [1.807, 2.05) is 6.20 Å². The fourth-order valence-electron chi connectivity index (χ4n) is 2.27. The summed E-state index contributed by atoms with van der Waals surface area (Å²) >= 11 is 0. The number of imidazole rings is 1. The molecular formula is C15H16N2. The number of hydrogen-bond acceptors (Lipinski definition) is 1. The van der Waals surface area contributed by atoms with Gasteiger partial charge in [-0.15, -0.1) is 0 Å². The minimum atomic E-state index is 0.113. The number of fused-ring (bicyclic) bond motifs is 3. The maximum atomic E-state index is 4.58. The SMILES string of the molecule is CC(C)(C)c1cnc2c3ccccc3ccn12. The molecule has 0 atom stereocenters. The molecule has 2 aromatic heterocycles. The molecule has 17 heavy (non-hydrogen) atoms. The summed E-state index contributed by atoms with van der Waals surface area (Å²) in [5.74, 6) is 0. The Bertz CT molecular complexity index is 687. The first-order valence-corrected chi connectivity index (χ1v) is 5.93. The highest BCUT2D eigenvalue weighted by atomic mass is 15.0. The van der Waals surface area contributed by atoms with Crippen LogP contribution in [0, 0.1) is 0 Å². The van der Waals surface area contributed by atoms with Crippen LogP contribution in [0.2, 0.25) is 0 Å². The number of hydrogen-bond donors (Lipinski definition) is 0. The Labute approximate surface area is 101 Å². The highest BCUT2D eigenvalue weighted by Gasteiger charge is 2.18. The lowest BCUT2D eigenvalue weighted by atomic mass is 9.93. The first-order valence-electron chi connectivity index (χ1n) is 5.93. The molecule has 1 aromatic carbocycles. The Morgan fingerprint density at radius 2 is 1.82 bits per heavy atom. The summed E-state index contributed by atoms with van der Waals surface area (Å²) in [7, 11) is 0. The molecule has 0 saturated heterocycles. The lowest BCUT2D eigenvalue weighted by molar-refractivity contribution is 0.564. The predicted octanol–water partition coefficient (Wildman–Crippen LogP) is 3.79. The van der Waals surface area contributed by atoms with Crippen molar-refractivity contribution in [1.82, 2.24) is 9.38 Å². The lowest BCUT2D eigenvalue weighted by Gasteiger charge is -2.17. The van der Waals surface area contributed by atoms with E-state index in [9.17, 15) is 0 Å². The van der Waals surface area contributed by atoms with Crippen LogP contribution in [0.4, 0.5) is 0 Å². The van der Waals surface area contributed by atoms with Gasteiger partial charge < -0.3 is 4.40 Å². The third-order valence-electron chi connectivity index (χ3n) is 3.17. The van der Waals surface area contributed by atoms with Crippen LogP contribution in [0.3, 0.4) is 0 Å². The van der Waals surface area contributed by atoms with E-state index in [1.54, 1.807) is 0 Å². The molecule has 3 rings (SSSR count). The number of nitrogens with zero attached hydrogens (tertiary/aromatic N) is 2. The molecule has 0 saturated carbocycles. The highest BCUT2D eigenvalue weighted by molar-refractivity contribution is 5.93. The van der Waals surface area contributed by atoms with Gasteiger partial charge in [-0.3, -0.25) is 0 Å². The maximum Gasteiger partial charge on any atom is 0.144 e. The molecular weight excluding hydrogens is 208 g/mol. The molecule has 0 bridgehead atoms. The second kappa shape index (κ2) is 3.33. The van der Waals surface area contributed by atoms with E-state index in [0.717, 1.165) is 5.65 Å². The summed E-state index contributed by atoms with van der Waals surface area (Å²) in [6.07, 6.45) is 4.10. The summed E-state index contributed by atoms with van der Waals surface area (Å²) in [5.41, 5.74) is 2.41. The first kappa shape index (κ1) is 10.3. The molecule has 0 aliphatic heterocycles. The molecule has 0 amide bonds. The molecule has 0 radical (unpaired) electrons. The third-order valence-corrected chi connectivity index (χ3v) is 3.17. The number of pyridine rings is 1. The van der Waals surface area contributed by atoms with Gasteiger partial charge in [0.2, 0.25) is 0 Å². The maximum absolute atomic E-state index is 4.58. The van der Waals surface area contributed by atoms with Gasteiger partial charge in [-0.05, 0) is 11.5 Å². The zero-order valence-corrected chi connectivity index (χ0v) is 10.4. The smallest absolute Gasteiger partial charge is 0.144 e. The van der Waals surface area contributed by atoms with E-state index in [0.29, 0.717) is 0 Å². The fraction of sp³-hybridized carbons (Fsp3) is 0.267. The van der Waals surface area contributed by atoms with Crippen molar-refractivity contribution in [2.45, 2.75) is 26.2 Å². The molecule has 0 aliphatic rings. The summed E-state index contributed by atoms with van der Waals surface area (Å²) in [6, 6.07) is 10.5. The Balaban J connectivity index is 2.43. The van der Waals surface area contributed by atoms with Gasteiger partial charge in [0.25, 0.3) is 0 Å². The molecule has 0 unspecified atom stereocenters. The van der Waals surface area contributed by atoms with E-state index < -0.39 is 0 Å². The predicted molar refractivity (Wildman–Crippen MR) is 71.4 cm³/mol. The van der Waals surface area contributed by atoms with Gasteiger partial charge in [-0.1, -0.05) is 45.0 Å². The fourth-order valence-corrected chi connectivity index (χ4v) is 2.27. The Hall–Kier alpha value is -1.83. The molecule has 0 spiro atoms. The molecule has 86 valence electrons. The van der Waals surface area contributed by atoms with Crippen molar-refractivity contribution in [2.75, 3.05) is 0 Å². The molecule has 2 nitrogen and oxygen atoms in total. The molecule has 2 heterocycles. The molecule has 2 heteroatoms. The van der Waals surface area contributed by atoms with Crippen molar-refractivity contribution in [1.29, 1.82) is 0 Å². The van der Waals surface area contributed by atoms with Gasteiger partial charge in [-0.2, -0.15) is 0 Å². The van der Waals surface area contributed by atoms with Crippen LogP contribution in [0.25, 0.3) is 16.4 Å². The van der Waals surface area contributed by atoms with Crippen molar-refractivity contribution in [3.8, 4) is 0 Å². The molecule has 3 aromatic rings. The average Bonchev–Trinajstić information content (AvgIpc) is 2.72. The lowest BCUT2D eigenvalue weighted by Crippen LogP contribution is -2.13. The van der Waals surface area contributed by atoms with E-state index in [1.165, 1.54) is 16.5 Å². The second-order valence-electron chi connectivity index (χ2n) is 5.49.